The maximum absolute atomic E-state index is 12.0. The number of amides is 1. The minimum atomic E-state index is -0.192. The second kappa shape index (κ2) is 4.18. The van der Waals surface area contributed by atoms with Crippen LogP contribution in [0.2, 0.25) is 0 Å². The van der Waals surface area contributed by atoms with E-state index >= 15 is 0 Å². The Bertz CT molecular complexity index is 604. The fourth-order valence-electron chi connectivity index (χ4n) is 2.04. The molecule has 0 spiro atoms. The molecule has 0 aliphatic carbocycles. The summed E-state index contributed by atoms with van der Waals surface area (Å²) in [4.78, 5) is 12.0. The van der Waals surface area contributed by atoms with Crippen molar-refractivity contribution in [2.45, 2.75) is 13.3 Å². The first-order valence-electron chi connectivity index (χ1n) is 5.84. The minimum absolute atomic E-state index is 0.192. The molecule has 3 rings (SSSR count). The predicted molar refractivity (Wildman–Crippen MR) is 67.8 cm³/mol. The van der Waals surface area contributed by atoms with Gasteiger partial charge in [0.2, 0.25) is 5.88 Å². The Morgan fingerprint density at radius 3 is 3.11 bits per heavy atom. The molecule has 1 aromatic heterocycles. The van der Waals surface area contributed by atoms with Gasteiger partial charge in [-0.25, -0.2) is 0 Å². The van der Waals surface area contributed by atoms with E-state index in [2.05, 4.69) is 15.8 Å². The van der Waals surface area contributed by atoms with Gasteiger partial charge in [0.05, 0.1) is 5.69 Å². The van der Waals surface area contributed by atoms with Crippen LogP contribution in [0.15, 0.2) is 28.8 Å². The number of nitrogens with zero attached hydrogens (tertiary/aromatic N) is 1. The average molecular weight is 243 g/mol. The second-order valence-corrected chi connectivity index (χ2v) is 4.34. The van der Waals surface area contributed by atoms with Gasteiger partial charge < -0.3 is 9.84 Å². The first-order valence-corrected chi connectivity index (χ1v) is 5.84. The smallest absolute Gasteiger partial charge is 0.258 e. The van der Waals surface area contributed by atoms with Gasteiger partial charge in [-0.1, -0.05) is 11.2 Å². The Morgan fingerprint density at radius 1 is 1.44 bits per heavy atom. The molecule has 0 bridgehead atoms. The monoisotopic (exact) mass is 243 g/mol. The first kappa shape index (κ1) is 10.8. The lowest BCUT2D eigenvalue weighted by molar-refractivity contribution is 0.102. The Balaban J connectivity index is 1.80. The number of benzene rings is 1. The van der Waals surface area contributed by atoms with Crippen molar-refractivity contribution in [1.82, 2.24) is 5.16 Å². The fraction of sp³-hybridized carbons (Fsp3) is 0.231. The molecule has 0 fully saturated rings. The number of rotatable bonds is 2. The van der Waals surface area contributed by atoms with Crippen LogP contribution >= 0.6 is 0 Å². The lowest BCUT2D eigenvalue weighted by atomic mass is 10.1. The number of aryl methyl sites for hydroxylation is 1. The Labute approximate surface area is 104 Å². The number of hydrogen-bond donors (Lipinski definition) is 2. The van der Waals surface area contributed by atoms with E-state index in [9.17, 15) is 4.79 Å². The van der Waals surface area contributed by atoms with Crippen LogP contribution in [0.25, 0.3) is 0 Å². The van der Waals surface area contributed by atoms with Crippen LogP contribution in [0, 0.1) is 6.92 Å². The summed E-state index contributed by atoms with van der Waals surface area (Å²) in [5.41, 5.74) is 3.64. The van der Waals surface area contributed by atoms with Crippen molar-refractivity contribution in [3.63, 3.8) is 0 Å². The van der Waals surface area contributed by atoms with Crippen LogP contribution in [0.5, 0.6) is 0 Å². The molecule has 92 valence electrons. The van der Waals surface area contributed by atoms with Gasteiger partial charge in [-0.3, -0.25) is 10.1 Å². The predicted octanol–water partition coefficient (Wildman–Crippen LogP) is 2.20. The topological polar surface area (TPSA) is 67.2 Å². The van der Waals surface area contributed by atoms with Crippen molar-refractivity contribution in [2.75, 3.05) is 17.2 Å². The summed E-state index contributed by atoms with van der Waals surface area (Å²) in [6.07, 6.45) is 1.01. The van der Waals surface area contributed by atoms with E-state index in [0.717, 1.165) is 24.3 Å². The summed E-state index contributed by atoms with van der Waals surface area (Å²) >= 11 is 0. The number of aromatic nitrogens is 1. The Kier molecular flexibility index (Phi) is 2.51. The number of carbonyl (C=O) groups excluding carboxylic acids is 1. The highest BCUT2D eigenvalue weighted by atomic mass is 16.5. The molecule has 1 aliphatic rings. The molecule has 0 radical (unpaired) electrons. The summed E-state index contributed by atoms with van der Waals surface area (Å²) in [5, 5.41) is 9.64. The number of hydrogen-bond acceptors (Lipinski definition) is 4. The van der Waals surface area contributed by atoms with Crippen LogP contribution in [-0.4, -0.2) is 17.6 Å². The molecule has 0 saturated heterocycles. The summed E-state index contributed by atoms with van der Waals surface area (Å²) in [5.74, 6) is 0.175. The Hall–Kier alpha value is -2.30. The summed E-state index contributed by atoms with van der Waals surface area (Å²) in [7, 11) is 0. The summed E-state index contributed by atoms with van der Waals surface area (Å²) < 4.78 is 4.95. The van der Waals surface area contributed by atoms with Crippen molar-refractivity contribution >= 4 is 17.5 Å². The van der Waals surface area contributed by atoms with Crippen LogP contribution in [-0.2, 0) is 6.42 Å². The largest absolute Gasteiger partial charge is 0.384 e. The van der Waals surface area contributed by atoms with E-state index in [4.69, 9.17) is 4.52 Å². The van der Waals surface area contributed by atoms with Crippen LogP contribution < -0.4 is 10.6 Å². The summed E-state index contributed by atoms with van der Waals surface area (Å²) in [6.45, 7) is 2.74. The van der Waals surface area contributed by atoms with Crippen molar-refractivity contribution in [2.24, 2.45) is 0 Å². The molecule has 0 unspecified atom stereocenters. The molecule has 1 aromatic carbocycles. The van der Waals surface area contributed by atoms with E-state index in [1.165, 1.54) is 5.56 Å². The Morgan fingerprint density at radius 2 is 2.33 bits per heavy atom. The van der Waals surface area contributed by atoms with Gasteiger partial charge in [-0.2, -0.15) is 0 Å². The van der Waals surface area contributed by atoms with Crippen LogP contribution in [0.3, 0.4) is 0 Å². The minimum Gasteiger partial charge on any atom is -0.384 e. The molecule has 18 heavy (non-hydrogen) atoms. The summed E-state index contributed by atoms with van der Waals surface area (Å²) in [6, 6.07) is 7.35. The number of fused-ring (bicyclic) bond motifs is 1. The third kappa shape index (κ3) is 1.95. The van der Waals surface area contributed by atoms with Gasteiger partial charge in [-0.05, 0) is 31.0 Å². The number of nitrogens with one attached hydrogen (secondary N) is 2. The van der Waals surface area contributed by atoms with Gasteiger partial charge in [0.1, 0.15) is 0 Å². The van der Waals surface area contributed by atoms with Crippen molar-refractivity contribution in [3.8, 4) is 0 Å². The third-order valence-corrected chi connectivity index (χ3v) is 2.95. The highest BCUT2D eigenvalue weighted by Crippen LogP contribution is 2.23. The van der Waals surface area contributed by atoms with Gasteiger partial charge in [0, 0.05) is 23.9 Å². The van der Waals surface area contributed by atoms with E-state index in [0.29, 0.717) is 11.4 Å². The molecule has 5 nitrogen and oxygen atoms in total. The van der Waals surface area contributed by atoms with E-state index in [1.807, 2.05) is 18.2 Å². The van der Waals surface area contributed by atoms with E-state index in [1.54, 1.807) is 13.0 Å². The number of carbonyl (C=O) groups is 1. The van der Waals surface area contributed by atoms with Crippen molar-refractivity contribution < 1.29 is 9.32 Å². The lowest BCUT2D eigenvalue weighted by Crippen LogP contribution is -2.11. The van der Waals surface area contributed by atoms with Crippen molar-refractivity contribution in [3.05, 3.63) is 41.1 Å². The quantitative estimate of drug-likeness (QED) is 0.848. The zero-order chi connectivity index (χ0) is 12.5. The van der Waals surface area contributed by atoms with E-state index < -0.39 is 0 Å². The lowest BCUT2D eigenvalue weighted by Gasteiger charge is -2.04. The number of anilines is 2. The molecule has 1 amide bonds. The SMILES string of the molecule is Cc1cc(NC(=O)c2ccc3c(c2)NCC3)on1. The molecule has 1 aliphatic heterocycles. The first-order chi connectivity index (χ1) is 8.72. The maximum atomic E-state index is 12.0. The molecule has 0 saturated carbocycles. The van der Waals surface area contributed by atoms with Gasteiger partial charge in [0.15, 0.2) is 0 Å². The molecule has 2 aromatic rings. The molecule has 0 atom stereocenters. The van der Waals surface area contributed by atoms with E-state index in [-0.39, 0.29) is 5.91 Å². The standard InChI is InChI=1S/C13H13N3O2/c1-8-6-12(18-16-8)15-13(17)10-3-2-9-4-5-14-11(9)7-10/h2-3,6-7,14H,4-5H2,1H3,(H,15,17). The average Bonchev–Trinajstić information content (AvgIpc) is 2.96. The van der Waals surface area contributed by atoms with Gasteiger partial charge in [-0.15, -0.1) is 0 Å². The van der Waals surface area contributed by atoms with Gasteiger partial charge in [0.25, 0.3) is 5.91 Å². The molecule has 2 heterocycles. The van der Waals surface area contributed by atoms with Gasteiger partial charge >= 0.3 is 0 Å². The molecular weight excluding hydrogens is 230 g/mol. The fourth-order valence-corrected chi connectivity index (χ4v) is 2.04. The van der Waals surface area contributed by atoms with Crippen LogP contribution in [0.4, 0.5) is 11.6 Å². The highest BCUT2D eigenvalue weighted by Gasteiger charge is 2.14. The third-order valence-electron chi connectivity index (χ3n) is 2.95. The molecular formula is C13H13N3O2. The zero-order valence-corrected chi connectivity index (χ0v) is 9.99. The maximum Gasteiger partial charge on any atom is 0.258 e. The second-order valence-electron chi connectivity index (χ2n) is 4.34. The molecule has 2 N–H and O–H groups in total. The molecule has 5 heteroatoms. The van der Waals surface area contributed by atoms with Crippen LogP contribution in [0.1, 0.15) is 21.6 Å². The highest BCUT2D eigenvalue weighted by molar-refractivity contribution is 6.04. The van der Waals surface area contributed by atoms with Crippen molar-refractivity contribution in [1.29, 1.82) is 0 Å². The zero-order valence-electron chi connectivity index (χ0n) is 9.99. The normalized spacial score (nSPS) is 12.9.